The second-order valence-electron chi connectivity index (χ2n) is 5.99. The van der Waals surface area contributed by atoms with Gasteiger partial charge in [-0.1, -0.05) is 0 Å². The van der Waals surface area contributed by atoms with E-state index in [0.29, 0.717) is 22.3 Å². The van der Waals surface area contributed by atoms with E-state index in [9.17, 15) is 9.90 Å². The minimum atomic E-state index is -0.900. The third-order valence-corrected chi connectivity index (χ3v) is 3.84. The molecule has 3 rings (SSSR count). The summed E-state index contributed by atoms with van der Waals surface area (Å²) < 4.78 is 10.6. The number of aromatic nitrogens is 2. The number of aliphatic hydroxyl groups is 1. The molecule has 9 heteroatoms. The molecular weight excluding hydrogens is 304 g/mol. The number of fused-ring (bicyclic) bond motifs is 2. The molecule has 9 nitrogen and oxygen atoms in total. The normalized spacial score (nSPS) is 22.6. The fourth-order valence-corrected chi connectivity index (χ4v) is 2.58. The molecule has 0 fully saturated rings. The van der Waals surface area contributed by atoms with Crippen molar-refractivity contribution < 1.29 is 24.4 Å². The first kappa shape index (κ1) is 15.7. The number of rotatable bonds is 5. The number of aliphatic hydroxyl groups excluding tert-OH is 1. The van der Waals surface area contributed by atoms with Crippen LogP contribution in [-0.2, 0) is 4.79 Å². The molecule has 1 aliphatic rings. The predicted octanol–water partition coefficient (Wildman–Crippen LogP) is 0.365. The summed E-state index contributed by atoms with van der Waals surface area (Å²) in [6.07, 6.45) is -0.890. The van der Waals surface area contributed by atoms with Gasteiger partial charge in [0.05, 0.1) is 12.5 Å². The van der Waals surface area contributed by atoms with Crippen LogP contribution in [0.1, 0.15) is 31.9 Å². The summed E-state index contributed by atoms with van der Waals surface area (Å²) in [6, 6.07) is 2.94. The molecule has 0 aliphatic carbocycles. The Hall–Kier alpha value is -2.23. The van der Waals surface area contributed by atoms with E-state index in [2.05, 4.69) is 21.2 Å². The van der Waals surface area contributed by atoms with E-state index in [-0.39, 0.29) is 13.0 Å². The number of benzene rings is 1. The lowest BCUT2D eigenvalue weighted by molar-refractivity contribution is -0.137. The Bertz CT molecular complexity index is 729. The van der Waals surface area contributed by atoms with Gasteiger partial charge in [0.1, 0.15) is 28.5 Å². The zero-order valence-electron chi connectivity index (χ0n) is 12.7. The maximum atomic E-state index is 10.6. The number of carboxylic acid groups (broad SMARTS) is 1. The molecule has 0 amide bonds. The highest BCUT2D eigenvalue weighted by Crippen LogP contribution is 2.41. The fourth-order valence-electron chi connectivity index (χ4n) is 2.58. The van der Waals surface area contributed by atoms with Gasteiger partial charge in [-0.15, -0.1) is 0 Å². The van der Waals surface area contributed by atoms with Crippen molar-refractivity contribution in [3.05, 3.63) is 17.7 Å². The first-order valence-electron chi connectivity index (χ1n) is 7.22. The van der Waals surface area contributed by atoms with Crippen molar-refractivity contribution in [1.82, 2.24) is 21.2 Å². The minimum Gasteiger partial charge on any atom is -0.485 e. The van der Waals surface area contributed by atoms with Gasteiger partial charge in [-0.2, -0.15) is 0 Å². The van der Waals surface area contributed by atoms with Gasteiger partial charge in [0, 0.05) is 18.2 Å². The zero-order valence-corrected chi connectivity index (χ0v) is 12.7. The van der Waals surface area contributed by atoms with Crippen molar-refractivity contribution in [2.45, 2.75) is 38.0 Å². The summed E-state index contributed by atoms with van der Waals surface area (Å²) in [6.45, 7) is 3.78. The van der Waals surface area contributed by atoms with Crippen LogP contribution in [-0.4, -0.2) is 44.7 Å². The zero-order chi connectivity index (χ0) is 16.6. The summed E-state index contributed by atoms with van der Waals surface area (Å²) in [4.78, 5) is 10.6. The van der Waals surface area contributed by atoms with E-state index in [0.717, 1.165) is 0 Å². The van der Waals surface area contributed by atoms with E-state index in [4.69, 9.17) is 14.5 Å². The van der Waals surface area contributed by atoms with Crippen LogP contribution in [0.3, 0.4) is 0 Å². The van der Waals surface area contributed by atoms with Gasteiger partial charge in [0.15, 0.2) is 0 Å². The number of aliphatic carboxylic acids is 1. The van der Waals surface area contributed by atoms with E-state index in [1.807, 2.05) is 0 Å². The van der Waals surface area contributed by atoms with Crippen LogP contribution in [0.4, 0.5) is 0 Å². The SMILES string of the molecule is CC1(C)Oc2cc3nonc3cc2C(NNCCC(=O)O)C1O. The minimum absolute atomic E-state index is 0.0329. The average Bonchev–Trinajstić information content (AvgIpc) is 2.91. The van der Waals surface area contributed by atoms with Gasteiger partial charge in [0.25, 0.3) is 0 Å². The number of nitrogens with one attached hydrogen (secondary N) is 2. The van der Waals surface area contributed by atoms with Crippen LogP contribution in [0.2, 0.25) is 0 Å². The van der Waals surface area contributed by atoms with Crippen LogP contribution in [0, 0.1) is 0 Å². The van der Waals surface area contributed by atoms with Crippen LogP contribution in [0.5, 0.6) is 5.75 Å². The van der Waals surface area contributed by atoms with Crippen molar-refractivity contribution in [3.63, 3.8) is 0 Å². The Morgan fingerprint density at radius 1 is 1.35 bits per heavy atom. The number of nitrogens with zero attached hydrogens (tertiary/aromatic N) is 2. The van der Waals surface area contributed by atoms with Crippen LogP contribution in [0.25, 0.3) is 11.0 Å². The molecule has 0 bridgehead atoms. The predicted molar refractivity (Wildman–Crippen MR) is 78.7 cm³/mol. The quantitative estimate of drug-likeness (QED) is 0.455. The highest BCUT2D eigenvalue weighted by molar-refractivity contribution is 5.77. The molecule has 0 radical (unpaired) electrons. The van der Waals surface area contributed by atoms with Crippen molar-refractivity contribution in [3.8, 4) is 5.75 Å². The molecule has 1 aromatic carbocycles. The molecule has 124 valence electrons. The molecular formula is C14H18N4O5. The van der Waals surface area contributed by atoms with Crippen molar-refractivity contribution >= 4 is 17.0 Å². The Labute approximate surface area is 131 Å². The number of hydrogen-bond donors (Lipinski definition) is 4. The van der Waals surface area contributed by atoms with Gasteiger partial charge in [0.2, 0.25) is 0 Å². The molecule has 1 aromatic heterocycles. The van der Waals surface area contributed by atoms with Crippen molar-refractivity contribution in [1.29, 1.82) is 0 Å². The molecule has 0 spiro atoms. The molecule has 2 aromatic rings. The Kier molecular flexibility index (Phi) is 3.92. The highest BCUT2D eigenvalue weighted by atomic mass is 16.6. The molecule has 23 heavy (non-hydrogen) atoms. The van der Waals surface area contributed by atoms with Crippen molar-refractivity contribution in [2.24, 2.45) is 0 Å². The van der Waals surface area contributed by atoms with E-state index < -0.39 is 23.7 Å². The third-order valence-electron chi connectivity index (χ3n) is 3.84. The van der Waals surface area contributed by atoms with Crippen molar-refractivity contribution in [2.75, 3.05) is 6.54 Å². The lowest BCUT2D eigenvalue weighted by Crippen LogP contribution is -2.55. The van der Waals surface area contributed by atoms with Crippen LogP contribution in [0.15, 0.2) is 16.8 Å². The highest BCUT2D eigenvalue weighted by Gasteiger charge is 2.43. The molecule has 2 heterocycles. The van der Waals surface area contributed by atoms with Gasteiger partial charge in [-0.25, -0.2) is 10.1 Å². The Balaban J connectivity index is 1.88. The van der Waals surface area contributed by atoms with Gasteiger partial charge >= 0.3 is 5.97 Å². The standard InChI is InChI=1S/C14H18N4O5/c1-14(2)13(21)12(16-15-4-3-11(19)20)7-5-8-9(18-23-17-8)6-10(7)22-14/h5-6,12-13,15-16,21H,3-4H2,1-2H3,(H,19,20). The van der Waals surface area contributed by atoms with Gasteiger partial charge in [-0.05, 0) is 30.2 Å². The van der Waals surface area contributed by atoms with Gasteiger partial charge < -0.3 is 14.9 Å². The molecule has 1 aliphatic heterocycles. The Morgan fingerprint density at radius 2 is 2.04 bits per heavy atom. The molecule has 2 atom stereocenters. The van der Waals surface area contributed by atoms with Crippen LogP contribution >= 0.6 is 0 Å². The summed E-state index contributed by atoms with van der Waals surface area (Å²) in [7, 11) is 0. The van der Waals surface area contributed by atoms with E-state index in [1.54, 1.807) is 26.0 Å². The maximum Gasteiger partial charge on any atom is 0.304 e. The van der Waals surface area contributed by atoms with Gasteiger partial charge in [-0.3, -0.25) is 10.2 Å². The number of hydrogen-bond acceptors (Lipinski definition) is 8. The Morgan fingerprint density at radius 3 is 2.74 bits per heavy atom. The summed E-state index contributed by atoms with van der Waals surface area (Å²) in [5, 5.41) is 26.8. The average molecular weight is 322 g/mol. The topological polar surface area (TPSA) is 130 Å². The summed E-state index contributed by atoms with van der Waals surface area (Å²) in [5.74, 6) is -0.330. The smallest absolute Gasteiger partial charge is 0.304 e. The number of hydrazine groups is 1. The second-order valence-corrected chi connectivity index (χ2v) is 5.99. The summed E-state index contributed by atoms with van der Waals surface area (Å²) in [5.41, 5.74) is 6.79. The lowest BCUT2D eigenvalue weighted by atomic mass is 9.87. The maximum absolute atomic E-state index is 10.6. The lowest BCUT2D eigenvalue weighted by Gasteiger charge is -2.42. The monoisotopic (exact) mass is 322 g/mol. The molecule has 4 N–H and O–H groups in total. The summed E-state index contributed by atoms with van der Waals surface area (Å²) >= 11 is 0. The molecule has 0 saturated carbocycles. The first-order valence-corrected chi connectivity index (χ1v) is 7.22. The fraction of sp³-hybridized carbons (Fsp3) is 0.500. The number of carbonyl (C=O) groups is 1. The second kappa shape index (κ2) is 5.76. The molecule has 2 unspecified atom stereocenters. The van der Waals surface area contributed by atoms with E-state index >= 15 is 0 Å². The third kappa shape index (κ3) is 2.98. The van der Waals surface area contributed by atoms with Crippen LogP contribution < -0.4 is 15.6 Å². The number of ether oxygens (including phenoxy) is 1. The first-order chi connectivity index (χ1) is 10.9. The molecule has 0 saturated heterocycles. The van der Waals surface area contributed by atoms with E-state index in [1.165, 1.54) is 0 Å². The number of carboxylic acids is 1. The largest absolute Gasteiger partial charge is 0.485 e.